The Balaban J connectivity index is 2.59. The van der Waals surface area contributed by atoms with Crippen LogP contribution in [0.3, 0.4) is 0 Å². The molecule has 0 saturated carbocycles. The number of carbonyl (C=O) groups is 1. The SMILES string of the molecule is CCN(CCc1ccc(CN=C(N)N=C(N)N(C)C)cc1)C(=O)O. The smallest absolute Gasteiger partial charge is 0.407 e. The maximum atomic E-state index is 11.0. The highest BCUT2D eigenvalue weighted by atomic mass is 16.4. The van der Waals surface area contributed by atoms with Crippen molar-refractivity contribution in [2.75, 3.05) is 27.2 Å². The molecule has 0 unspecified atom stereocenters. The summed E-state index contributed by atoms with van der Waals surface area (Å²) < 4.78 is 0. The molecule has 0 aromatic heterocycles. The lowest BCUT2D eigenvalue weighted by Gasteiger charge is -2.16. The molecule has 0 aliphatic heterocycles. The molecule has 8 heteroatoms. The predicted molar refractivity (Wildman–Crippen MR) is 96.1 cm³/mol. The van der Waals surface area contributed by atoms with Crippen molar-refractivity contribution < 1.29 is 9.90 Å². The van der Waals surface area contributed by atoms with Crippen molar-refractivity contribution in [2.45, 2.75) is 19.9 Å². The Kier molecular flexibility index (Phi) is 7.54. The van der Waals surface area contributed by atoms with E-state index in [0.717, 1.165) is 11.1 Å². The molecule has 0 aliphatic carbocycles. The Morgan fingerprint density at radius 3 is 2.25 bits per heavy atom. The zero-order valence-corrected chi connectivity index (χ0v) is 14.4. The van der Waals surface area contributed by atoms with Crippen LogP contribution >= 0.6 is 0 Å². The fourth-order valence-corrected chi connectivity index (χ4v) is 1.89. The van der Waals surface area contributed by atoms with Crippen molar-refractivity contribution >= 4 is 18.0 Å². The summed E-state index contributed by atoms with van der Waals surface area (Å²) in [6, 6.07) is 7.83. The molecular formula is C16H26N6O2. The summed E-state index contributed by atoms with van der Waals surface area (Å²) in [7, 11) is 3.55. The number of likely N-dealkylation sites (N-methyl/N-ethyl adjacent to an activating group) is 1. The Bertz CT molecular complexity index is 595. The molecule has 0 saturated heterocycles. The Hall–Kier alpha value is -2.77. The summed E-state index contributed by atoms with van der Waals surface area (Å²) in [5, 5.41) is 8.99. The summed E-state index contributed by atoms with van der Waals surface area (Å²) in [6.07, 6.45) is -0.216. The molecule has 1 amide bonds. The Morgan fingerprint density at radius 2 is 1.75 bits per heavy atom. The minimum absolute atomic E-state index is 0.130. The van der Waals surface area contributed by atoms with E-state index in [1.165, 1.54) is 4.90 Å². The van der Waals surface area contributed by atoms with Crippen molar-refractivity contribution in [2.24, 2.45) is 21.5 Å². The zero-order valence-electron chi connectivity index (χ0n) is 14.4. The molecular weight excluding hydrogens is 308 g/mol. The standard InChI is InChI=1S/C16H26N6O2/c1-4-22(16(23)24)10-9-12-5-7-13(8-6-12)11-19-14(17)20-15(18)21(2)3/h5-8H,4,9-11H2,1-3H3,(H,23,24)(H4,17,18,19,20). The third kappa shape index (κ3) is 6.55. The number of amides is 1. The minimum atomic E-state index is -0.892. The van der Waals surface area contributed by atoms with E-state index in [-0.39, 0.29) is 5.96 Å². The van der Waals surface area contributed by atoms with E-state index in [4.69, 9.17) is 16.6 Å². The number of guanidine groups is 2. The van der Waals surface area contributed by atoms with E-state index >= 15 is 0 Å². The highest BCUT2D eigenvalue weighted by molar-refractivity contribution is 5.93. The maximum Gasteiger partial charge on any atom is 0.407 e. The molecule has 1 rings (SSSR count). The van der Waals surface area contributed by atoms with Crippen molar-refractivity contribution in [3.05, 3.63) is 35.4 Å². The Morgan fingerprint density at radius 1 is 1.17 bits per heavy atom. The van der Waals surface area contributed by atoms with Gasteiger partial charge in [-0.2, -0.15) is 4.99 Å². The van der Waals surface area contributed by atoms with E-state index in [2.05, 4.69) is 9.98 Å². The fraction of sp³-hybridized carbons (Fsp3) is 0.438. The van der Waals surface area contributed by atoms with Crippen LogP contribution in [0.25, 0.3) is 0 Å². The first-order valence-electron chi connectivity index (χ1n) is 7.70. The topological polar surface area (TPSA) is 121 Å². The van der Waals surface area contributed by atoms with Gasteiger partial charge in [0.25, 0.3) is 0 Å². The summed E-state index contributed by atoms with van der Waals surface area (Å²) >= 11 is 0. The van der Waals surface area contributed by atoms with Gasteiger partial charge in [-0.3, -0.25) is 0 Å². The first-order chi connectivity index (χ1) is 11.3. The molecule has 0 bridgehead atoms. The highest BCUT2D eigenvalue weighted by Crippen LogP contribution is 2.07. The fourth-order valence-electron chi connectivity index (χ4n) is 1.89. The van der Waals surface area contributed by atoms with Gasteiger partial charge in [0, 0.05) is 27.2 Å². The number of aliphatic imine (C=N–C) groups is 2. The average molecular weight is 334 g/mol. The van der Waals surface area contributed by atoms with Gasteiger partial charge in [0.1, 0.15) is 0 Å². The van der Waals surface area contributed by atoms with E-state index in [0.29, 0.717) is 32.0 Å². The first kappa shape index (κ1) is 19.3. The van der Waals surface area contributed by atoms with Gasteiger partial charge in [0.2, 0.25) is 5.96 Å². The number of benzene rings is 1. The molecule has 8 nitrogen and oxygen atoms in total. The van der Waals surface area contributed by atoms with Gasteiger partial charge in [-0.05, 0) is 24.5 Å². The van der Waals surface area contributed by atoms with Crippen LogP contribution in [0.4, 0.5) is 4.79 Å². The summed E-state index contributed by atoms with van der Waals surface area (Å²) in [5.74, 6) is 0.427. The van der Waals surface area contributed by atoms with E-state index in [9.17, 15) is 4.79 Å². The van der Waals surface area contributed by atoms with Crippen LogP contribution in [0.2, 0.25) is 0 Å². The van der Waals surface area contributed by atoms with Crippen LogP contribution < -0.4 is 11.5 Å². The lowest BCUT2D eigenvalue weighted by atomic mass is 10.1. The van der Waals surface area contributed by atoms with Crippen LogP contribution in [-0.4, -0.2) is 60.1 Å². The van der Waals surface area contributed by atoms with Crippen molar-refractivity contribution in [1.82, 2.24) is 9.80 Å². The minimum Gasteiger partial charge on any atom is -0.465 e. The number of hydrogen-bond donors (Lipinski definition) is 3. The lowest BCUT2D eigenvalue weighted by Crippen LogP contribution is -2.32. The molecule has 132 valence electrons. The molecule has 0 atom stereocenters. The van der Waals surface area contributed by atoms with E-state index in [1.54, 1.807) is 19.0 Å². The molecule has 5 N–H and O–H groups in total. The number of carboxylic acid groups (broad SMARTS) is 1. The van der Waals surface area contributed by atoms with Gasteiger partial charge in [-0.1, -0.05) is 24.3 Å². The summed E-state index contributed by atoms with van der Waals surface area (Å²) in [6.45, 7) is 3.20. The molecule has 24 heavy (non-hydrogen) atoms. The van der Waals surface area contributed by atoms with E-state index in [1.807, 2.05) is 31.2 Å². The maximum absolute atomic E-state index is 11.0. The number of nitrogens with zero attached hydrogens (tertiary/aromatic N) is 4. The summed E-state index contributed by atoms with van der Waals surface area (Å²) in [5.41, 5.74) is 13.4. The van der Waals surface area contributed by atoms with Gasteiger partial charge >= 0.3 is 6.09 Å². The van der Waals surface area contributed by atoms with Crippen LogP contribution in [-0.2, 0) is 13.0 Å². The zero-order chi connectivity index (χ0) is 18.1. The van der Waals surface area contributed by atoms with Crippen molar-refractivity contribution in [1.29, 1.82) is 0 Å². The molecule has 0 spiro atoms. The number of hydrogen-bond acceptors (Lipinski definition) is 2. The highest BCUT2D eigenvalue weighted by Gasteiger charge is 2.08. The average Bonchev–Trinajstić information content (AvgIpc) is 2.54. The second kappa shape index (κ2) is 9.39. The van der Waals surface area contributed by atoms with Gasteiger partial charge in [-0.25, -0.2) is 9.79 Å². The predicted octanol–water partition coefficient (Wildman–Crippen LogP) is 0.920. The van der Waals surface area contributed by atoms with Crippen LogP contribution in [0.1, 0.15) is 18.1 Å². The largest absolute Gasteiger partial charge is 0.465 e. The van der Waals surface area contributed by atoms with Crippen molar-refractivity contribution in [3.63, 3.8) is 0 Å². The van der Waals surface area contributed by atoms with Crippen LogP contribution in [0.15, 0.2) is 34.3 Å². The van der Waals surface area contributed by atoms with Gasteiger partial charge in [0.05, 0.1) is 6.54 Å². The molecule has 0 fully saturated rings. The second-order valence-electron chi connectivity index (χ2n) is 5.47. The van der Waals surface area contributed by atoms with Gasteiger partial charge < -0.3 is 26.4 Å². The molecule has 0 heterocycles. The lowest BCUT2D eigenvalue weighted by molar-refractivity contribution is 0.148. The molecule has 1 aromatic carbocycles. The Labute approximate surface area is 142 Å². The van der Waals surface area contributed by atoms with Gasteiger partial charge in [0.15, 0.2) is 5.96 Å². The third-order valence-electron chi connectivity index (χ3n) is 3.46. The monoisotopic (exact) mass is 334 g/mol. The normalized spacial score (nSPS) is 12.1. The summed E-state index contributed by atoms with van der Waals surface area (Å²) in [4.78, 5) is 22.1. The molecule has 0 radical (unpaired) electrons. The van der Waals surface area contributed by atoms with Crippen molar-refractivity contribution in [3.8, 4) is 0 Å². The van der Waals surface area contributed by atoms with E-state index < -0.39 is 6.09 Å². The number of nitrogens with two attached hydrogens (primary N) is 2. The van der Waals surface area contributed by atoms with Gasteiger partial charge in [-0.15, -0.1) is 0 Å². The quantitative estimate of drug-likeness (QED) is 0.528. The molecule has 1 aromatic rings. The van der Waals surface area contributed by atoms with Crippen LogP contribution in [0, 0.1) is 0 Å². The third-order valence-corrected chi connectivity index (χ3v) is 3.46. The number of rotatable bonds is 6. The van der Waals surface area contributed by atoms with Crippen LogP contribution in [0.5, 0.6) is 0 Å². The second-order valence-corrected chi connectivity index (χ2v) is 5.47. The first-order valence-corrected chi connectivity index (χ1v) is 7.70. The molecule has 0 aliphatic rings.